The molecule has 1 aliphatic rings. The maximum Gasteiger partial charge on any atom is 0.331 e. The lowest BCUT2D eigenvalue weighted by atomic mass is 9.99. The number of carbonyl (C=O) groups is 1. The molecule has 1 heterocycles. The Morgan fingerprint density at radius 3 is 2.91 bits per heavy atom. The lowest BCUT2D eigenvalue weighted by Crippen LogP contribution is -2.10. The van der Waals surface area contributed by atoms with Gasteiger partial charge in [0.15, 0.2) is 0 Å². The van der Waals surface area contributed by atoms with Gasteiger partial charge in [0.1, 0.15) is 6.10 Å². The fourth-order valence-corrected chi connectivity index (χ4v) is 2.30. The van der Waals surface area contributed by atoms with Crippen LogP contribution < -0.4 is 0 Å². The van der Waals surface area contributed by atoms with Crippen LogP contribution in [0.1, 0.15) is 38.3 Å². The van der Waals surface area contributed by atoms with Crippen LogP contribution in [0.4, 0.5) is 0 Å². The Kier molecular flexibility index (Phi) is 7.05. The summed E-state index contributed by atoms with van der Waals surface area (Å²) >= 11 is 0. The van der Waals surface area contributed by atoms with Gasteiger partial charge in [0.05, 0.1) is 5.69 Å². The molecule has 0 N–H and O–H groups in total. The molecule has 1 atom stereocenters. The molecule has 1 aromatic heterocycles. The van der Waals surface area contributed by atoms with Crippen LogP contribution in [0.3, 0.4) is 0 Å². The van der Waals surface area contributed by atoms with E-state index in [-0.39, 0.29) is 12.1 Å². The third-order valence-corrected chi connectivity index (χ3v) is 3.51. The number of pyridine rings is 1. The van der Waals surface area contributed by atoms with Crippen LogP contribution >= 0.6 is 0 Å². The normalized spacial score (nSPS) is 16.8. The van der Waals surface area contributed by atoms with Crippen molar-refractivity contribution in [3.8, 4) is 0 Å². The Balaban J connectivity index is 1.75. The van der Waals surface area contributed by atoms with Crippen LogP contribution in [0.25, 0.3) is 6.08 Å². The van der Waals surface area contributed by atoms with E-state index >= 15 is 0 Å². The van der Waals surface area contributed by atoms with Gasteiger partial charge in [-0.1, -0.05) is 35.9 Å². The van der Waals surface area contributed by atoms with Crippen molar-refractivity contribution in [1.82, 2.24) is 4.98 Å². The molecule has 0 bridgehead atoms. The van der Waals surface area contributed by atoms with E-state index in [1.165, 1.54) is 24.5 Å². The van der Waals surface area contributed by atoms with Gasteiger partial charge in [-0.05, 0) is 56.9 Å². The van der Waals surface area contributed by atoms with Gasteiger partial charge in [-0.25, -0.2) is 4.79 Å². The quantitative estimate of drug-likeness (QED) is 0.436. The molecular formula is C20H23NO2. The minimum atomic E-state index is -0.303. The summed E-state index contributed by atoms with van der Waals surface area (Å²) in [5.74, 6) is -0.303. The van der Waals surface area contributed by atoms with Crippen molar-refractivity contribution in [2.75, 3.05) is 0 Å². The molecule has 0 radical (unpaired) electrons. The van der Waals surface area contributed by atoms with Crippen LogP contribution in [0.2, 0.25) is 0 Å². The standard InChI is InChI=1S/C20H23NO2/c1-17(9-5-6-12-19-13-7-8-16-21-19)23-20(22)15-14-18-10-3-2-4-11-18/h5-10,12-17H,2-4,11H2,1H3/b9-5-,12-6+,15-14+/t17-/m1/s1. The summed E-state index contributed by atoms with van der Waals surface area (Å²) in [4.78, 5) is 15.9. The van der Waals surface area contributed by atoms with E-state index in [0.717, 1.165) is 18.5 Å². The molecule has 23 heavy (non-hydrogen) atoms. The molecule has 120 valence electrons. The number of hydrogen-bond donors (Lipinski definition) is 0. The second kappa shape index (κ2) is 9.57. The molecule has 0 fully saturated rings. The average molecular weight is 309 g/mol. The molecule has 0 spiro atoms. The summed E-state index contributed by atoms with van der Waals surface area (Å²) < 4.78 is 5.30. The van der Waals surface area contributed by atoms with Gasteiger partial charge in [0.25, 0.3) is 0 Å². The monoisotopic (exact) mass is 309 g/mol. The Hall–Kier alpha value is -2.42. The minimum absolute atomic E-state index is 0.263. The van der Waals surface area contributed by atoms with Gasteiger partial charge in [0.2, 0.25) is 0 Å². The van der Waals surface area contributed by atoms with E-state index in [1.54, 1.807) is 6.20 Å². The molecule has 1 aromatic rings. The Morgan fingerprint density at radius 1 is 1.26 bits per heavy atom. The highest BCUT2D eigenvalue weighted by atomic mass is 16.5. The predicted molar refractivity (Wildman–Crippen MR) is 93.7 cm³/mol. The number of rotatable bonds is 6. The summed E-state index contributed by atoms with van der Waals surface area (Å²) in [7, 11) is 0. The van der Waals surface area contributed by atoms with Crippen molar-refractivity contribution in [3.63, 3.8) is 0 Å². The molecule has 0 saturated heterocycles. The molecule has 0 amide bonds. The molecule has 2 rings (SSSR count). The van der Waals surface area contributed by atoms with Crippen LogP contribution in [-0.2, 0) is 9.53 Å². The van der Waals surface area contributed by atoms with Crippen LogP contribution in [0.5, 0.6) is 0 Å². The first-order chi connectivity index (χ1) is 11.2. The van der Waals surface area contributed by atoms with Gasteiger partial charge in [-0.15, -0.1) is 0 Å². The van der Waals surface area contributed by atoms with E-state index in [2.05, 4.69) is 11.1 Å². The van der Waals surface area contributed by atoms with Gasteiger partial charge < -0.3 is 4.74 Å². The van der Waals surface area contributed by atoms with Gasteiger partial charge in [0, 0.05) is 12.3 Å². The number of aromatic nitrogens is 1. The van der Waals surface area contributed by atoms with Gasteiger partial charge in [-0.2, -0.15) is 0 Å². The summed E-state index contributed by atoms with van der Waals surface area (Å²) in [5.41, 5.74) is 2.13. The highest BCUT2D eigenvalue weighted by Crippen LogP contribution is 2.18. The highest BCUT2D eigenvalue weighted by molar-refractivity contribution is 5.82. The van der Waals surface area contributed by atoms with Crippen molar-refractivity contribution in [2.24, 2.45) is 0 Å². The largest absolute Gasteiger partial charge is 0.455 e. The van der Waals surface area contributed by atoms with Crippen molar-refractivity contribution in [2.45, 2.75) is 38.7 Å². The highest BCUT2D eigenvalue weighted by Gasteiger charge is 2.04. The van der Waals surface area contributed by atoms with E-state index in [9.17, 15) is 4.79 Å². The summed E-state index contributed by atoms with van der Waals surface area (Å²) in [5, 5.41) is 0. The fraction of sp³-hybridized carbons (Fsp3) is 0.300. The van der Waals surface area contributed by atoms with Crippen molar-refractivity contribution >= 4 is 12.0 Å². The van der Waals surface area contributed by atoms with Crippen molar-refractivity contribution < 1.29 is 9.53 Å². The number of carbonyl (C=O) groups excluding carboxylic acids is 1. The molecule has 0 unspecified atom stereocenters. The smallest absolute Gasteiger partial charge is 0.331 e. The molecule has 1 aliphatic carbocycles. The van der Waals surface area contributed by atoms with E-state index < -0.39 is 0 Å². The van der Waals surface area contributed by atoms with E-state index in [4.69, 9.17) is 4.74 Å². The minimum Gasteiger partial charge on any atom is -0.455 e. The van der Waals surface area contributed by atoms with Crippen LogP contribution in [-0.4, -0.2) is 17.1 Å². The number of allylic oxidation sites excluding steroid dienone is 5. The van der Waals surface area contributed by atoms with Crippen molar-refractivity contribution in [3.05, 3.63) is 72.1 Å². The number of nitrogens with zero attached hydrogens (tertiary/aromatic N) is 1. The molecule has 0 aliphatic heterocycles. The molecular weight excluding hydrogens is 286 g/mol. The first kappa shape index (κ1) is 16.9. The maximum atomic E-state index is 11.8. The first-order valence-electron chi connectivity index (χ1n) is 8.07. The predicted octanol–water partition coefficient (Wildman–Crippen LogP) is 4.64. The average Bonchev–Trinajstić information content (AvgIpc) is 2.59. The molecule has 3 heteroatoms. The zero-order valence-electron chi connectivity index (χ0n) is 13.5. The number of hydrogen-bond acceptors (Lipinski definition) is 3. The van der Waals surface area contributed by atoms with Crippen LogP contribution in [0.15, 0.2) is 66.4 Å². The number of ether oxygens (including phenoxy) is 1. The van der Waals surface area contributed by atoms with Crippen LogP contribution in [0, 0.1) is 0 Å². The lowest BCUT2D eigenvalue weighted by molar-refractivity contribution is -0.140. The zero-order valence-corrected chi connectivity index (χ0v) is 13.5. The van der Waals surface area contributed by atoms with Gasteiger partial charge >= 0.3 is 5.97 Å². The second-order valence-electron chi connectivity index (χ2n) is 5.50. The fourth-order valence-electron chi connectivity index (χ4n) is 2.30. The summed E-state index contributed by atoms with van der Waals surface area (Å²) in [6, 6.07) is 5.75. The topological polar surface area (TPSA) is 39.2 Å². The molecule has 0 aromatic carbocycles. The molecule has 3 nitrogen and oxygen atoms in total. The Morgan fingerprint density at radius 2 is 2.17 bits per heavy atom. The maximum absolute atomic E-state index is 11.8. The first-order valence-corrected chi connectivity index (χ1v) is 8.07. The lowest BCUT2D eigenvalue weighted by Gasteiger charge is -2.09. The third kappa shape index (κ3) is 6.92. The third-order valence-electron chi connectivity index (χ3n) is 3.51. The number of esters is 1. The molecule has 0 saturated carbocycles. The summed E-state index contributed by atoms with van der Waals surface area (Å²) in [6.45, 7) is 1.84. The summed E-state index contributed by atoms with van der Waals surface area (Å²) in [6.07, 6.45) is 19.2. The Labute approximate surface area is 138 Å². The zero-order chi connectivity index (χ0) is 16.3. The van der Waals surface area contributed by atoms with E-state index in [1.807, 2.05) is 55.5 Å². The second-order valence-corrected chi connectivity index (χ2v) is 5.50. The Bertz CT molecular complexity index is 612. The van der Waals surface area contributed by atoms with Crippen molar-refractivity contribution in [1.29, 1.82) is 0 Å². The van der Waals surface area contributed by atoms with Gasteiger partial charge in [-0.3, -0.25) is 4.98 Å². The SMILES string of the molecule is C[C@H](/C=C\C=C\c1ccccn1)OC(=O)/C=C/C1=CCCCC1. The van der Waals surface area contributed by atoms with E-state index in [0.29, 0.717) is 0 Å².